The zero-order valence-corrected chi connectivity index (χ0v) is 12.0. The molecule has 2 aromatic carbocycles. The quantitative estimate of drug-likeness (QED) is 0.798. The number of carbonyl (C=O) groups is 1. The van der Waals surface area contributed by atoms with Gasteiger partial charge in [-0.3, -0.25) is 9.00 Å². The fourth-order valence-corrected chi connectivity index (χ4v) is 2.72. The number of hydrogen-bond acceptors (Lipinski definition) is 3. The Bertz CT molecular complexity index is 684. The minimum Gasteiger partial charge on any atom is -0.494 e. The number of carbonyl (C=O) groups excluding carboxylic acids is 1. The highest BCUT2D eigenvalue weighted by molar-refractivity contribution is 7.85. The molecule has 0 amide bonds. The van der Waals surface area contributed by atoms with Gasteiger partial charge in [-0.05, 0) is 42.5 Å². The average molecular weight is 310 g/mol. The lowest BCUT2D eigenvalue weighted by Gasteiger charge is -2.05. The third-order valence-electron chi connectivity index (χ3n) is 2.81. The molecule has 0 aliphatic heterocycles. The van der Waals surface area contributed by atoms with E-state index >= 15 is 0 Å². The lowest BCUT2D eigenvalue weighted by molar-refractivity contribution is 0.102. The van der Waals surface area contributed by atoms with Crippen LogP contribution < -0.4 is 4.74 Å². The Kier molecular flexibility index (Phi) is 4.80. The molecule has 0 saturated carbocycles. The van der Waals surface area contributed by atoms with Crippen LogP contribution in [0.4, 0.5) is 8.78 Å². The summed E-state index contributed by atoms with van der Waals surface area (Å²) in [5.74, 6) is -1.82. The summed E-state index contributed by atoms with van der Waals surface area (Å²) in [7, 11) is -0.283. The first-order valence-electron chi connectivity index (χ1n) is 6.02. The predicted molar refractivity (Wildman–Crippen MR) is 75.0 cm³/mol. The first kappa shape index (κ1) is 15.3. The second kappa shape index (κ2) is 6.58. The van der Waals surface area contributed by atoms with Crippen LogP contribution in [0.3, 0.4) is 0 Å². The molecule has 2 rings (SSSR count). The molecule has 0 aliphatic carbocycles. The van der Waals surface area contributed by atoms with Crippen LogP contribution in [0.15, 0.2) is 47.4 Å². The smallest absolute Gasteiger partial charge is 0.175 e. The van der Waals surface area contributed by atoms with Gasteiger partial charge in [-0.15, -0.1) is 0 Å². The van der Waals surface area contributed by atoms with E-state index < -0.39 is 28.2 Å². The van der Waals surface area contributed by atoms with Gasteiger partial charge < -0.3 is 4.74 Å². The molecule has 0 heterocycles. The van der Waals surface area contributed by atoms with Gasteiger partial charge in [0.1, 0.15) is 5.82 Å². The number of rotatable bonds is 5. The number of ketones is 1. The summed E-state index contributed by atoms with van der Waals surface area (Å²) in [4.78, 5) is 12.3. The fourth-order valence-electron chi connectivity index (χ4n) is 1.71. The van der Waals surface area contributed by atoms with Crippen LogP contribution in [0.2, 0.25) is 0 Å². The van der Waals surface area contributed by atoms with Gasteiger partial charge in [0.2, 0.25) is 0 Å². The normalized spacial score (nSPS) is 12.0. The molecule has 2 aromatic rings. The Hall–Kier alpha value is -2.08. The maximum Gasteiger partial charge on any atom is 0.175 e. The molecule has 0 bridgehead atoms. The van der Waals surface area contributed by atoms with E-state index in [1.165, 1.54) is 43.5 Å². The number of hydrogen-bond donors (Lipinski definition) is 0. The molecule has 0 radical (unpaired) electrons. The minimum absolute atomic E-state index is 0.0335. The van der Waals surface area contributed by atoms with Crippen LogP contribution >= 0.6 is 0 Å². The van der Waals surface area contributed by atoms with E-state index in [4.69, 9.17) is 4.74 Å². The Balaban J connectivity index is 2.12. The summed E-state index contributed by atoms with van der Waals surface area (Å²) in [5.41, 5.74) is 0.115. The second-order valence-electron chi connectivity index (χ2n) is 4.22. The largest absolute Gasteiger partial charge is 0.494 e. The van der Waals surface area contributed by atoms with Gasteiger partial charge in [0, 0.05) is 10.5 Å². The van der Waals surface area contributed by atoms with Crippen molar-refractivity contribution in [1.29, 1.82) is 0 Å². The lowest BCUT2D eigenvalue weighted by atomic mass is 10.1. The molecule has 0 N–H and O–H groups in total. The highest BCUT2D eigenvalue weighted by atomic mass is 32.2. The molecule has 1 unspecified atom stereocenters. The molecule has 1 atom stereocenters. The molecular formula is C15H12F2O3S. The van der Waals surface area contributed by atoms with Crippen molar-refractivity contribution in [2.75, 3.05) is 12.9 Å². The number of halogens is 2. The number of ether oxygens (including phenoxy) is 1. The molecule has 0 aliphatic rings. The highest BCUT2D eigenvalue weighted by Gasteiger charge is 2.14. The first-order valence-corrected chi connectivity index (χ1v) is 7.34. The summed E-state index contributed by atoms with van der Waals surface area (Å²) in [6.07, 6.45) is 0. The van der Waals surface area contributed by atoms with Crippen LogP contribution in [-0.4, -0.2) is 22.9 Å². The molecule has 0 saturated heterocycles. The molecule has 110 valence electrons. The van der Waals surface area contributed by atoms with Crippen LogP contribution in [0.1, 0.15) is 10.4 Å². The van der Waals surface area contributed by atoms with Gasteiger partial charge in [0.15, 0.2) is 17.3 Å². The average Bonchev–Trinajstić information content (AvgIpc) is 2.47. The van der Waals surface area contributed by atoms with Crippen molar-refractivity contribution in [3.63, 3.8) is 0 Å². The number of benzene rings is 2. The third kappa shape index (κ3) is 3.72. The van der Waals surface area contributed by atoms with Crippen LogP contribution in [-0.2, 0) is 10.8 Å². The van der Waals surface area contributed by atoms with Crippen molar-refractivity contribution >= 4 is 16.6 Å². The molecular weight excluding hydrogens is 298 g/mol. The summed E-state index contributed by atoms with van der Waals surface area (Å²) in [5, 5.41) is 0. The van der Waals surface area contributed by atoms with Crippen LogP contribution in [0, 0.1) is 11.6 Å². The molecule has 0 spiro atoms. The van der Waals surface area contributed by atoms with Gasteiger partial charge in [-0.2, -0.15) is 0 Å². The standard InChI is InChI=1S/C15H12F2O3S/c1-20-15-7-2-10(8-13(15)17)14(18)9-21(19)12-5-3-11(16)4-6-12/h2-8H,9H2,1H3. The monoisotopic (exact) mass is 310 g/mol. The van der Waals surface area contributed by atoms with Crippen LogP contribution in [0.5, 0.6) is 5.75 Å². The van der Waals surface area contributed by atoms with E-state index in [0.717, 1.165) is 6.07 Å². The van der Waals surface area contributed by atoms with Crippen molar-refractivity contribution < 1.29 is 22.5 Å². The Morgan fingerprint density at radius 1 is 1.14 bits per heavy atom. The van der Waals surface area contributed by atoms with Crippen molar-refractivity contribution in [3.05, 3.63) is 59.7 Å². The van der Waals surface area contributed by atoms with Crippen molar-refractivity contribution in [2.45, 2.75) is 4.90 Å². The van der Waals surface area contributed by atoms with Crippen LogP contribution in [0.25, 0.3) is 0 Å². The Labute approximate surface area is 123 Å². The van der Waals surface area contributed by atoms with Crippen molar-refractivity contribution in [1.82, 2.24) is 0 Å². The Morgan fingerprint density at radius 3 is 2.38 bits per heavy atom. The molecule has 0 aromatic heterocycles. The van der Waals surface area contributed by atoms with Gasteiger partial charge in [0.25, 0.3) is 0 Å². The third-order valence-corrected chi connectivity index (χ3v) is 4.13. The summed E-state index contributed by atoms with van der Waals surface area (Å²) >= 11 is 0. The molecule has 0 fully saturated rings. The van der Waals surface area contributed by atoms with E-state index in [2.05, 4.69) is 0 Å². The molecule has 3 nitrogen and oxygen atoms in total. The van der Waals surface area contributed by atoms with E-state index in [1.807, 2.05) is 0 Å². The van der Waals surface area contributed by atoms with Crippen molar-refractivity contribution in [3.8, 4) is 5.75 Å². The number of methoxy groups -OCH3 is 1. The van der Waals surface area contributed by atoms with Crippen molar-refractivity contribution in [2.24, 2.45) is 0 Å². The summed E-state index contributed by atoms with van der Waals surface area (Å²) in [6.45, 7) is 0. The van der Waals surface area contributed by atoms with Gasteiger partial charge in [0.05, 0.1) is 23.7 Å². The second-order valence-corrected chi connectivity index (χ2v) is 5.67. The fraction of sp³-hybridized carbons (Fsp3) is 0.133. The maximum atomic E-state index is 13.5. The zero-order valence-electron chi connectivity index (χ0n) is 11.1. The Morgan fingerprint density at radius 2 is 1.81 bits per heavy atom. The van der Waals surface area contributed by atoms with E-state index in [9.17, 15) is 17.8 Å². The minimum atomic E-state index is -1.61. The van der Waals surface area contributed by atoms with Gasteiger partial charge >= 0.3 is 0 Å². The maximum absolute atomic E-state index is 13.5. The van der Waals surface area contributed by atoms with Gasteiger partial charge in [-0.25, -0.2) is 8.78 Å². The predicted octanol–water partition coefficient (Wildman–Crippen LogP) is 2.96. The van der Waals surface area contributed by atoms with E-state index in [0.29, 0.717) is 4.90 Å². The van der Waals surface area contributed by atoms with E-state index in [1.54, 1.807) is 0 Å². The SMILES string of the molecule is COc1ccc(C(=O)CS(=O)c2ccc(F)cc2)cc1F. The lowest BCUT2D eigenvalue weighted by Crippen LogP contribution is -2.11. The molecule has 21 heavy (non-hydrogen) atoms. The zero-order chi connectivity index (χ0) is 15.4. The summed E-state index contributed by atoms with van der Waals surface area (Å²) in [6, 6.07) is 8.84. The van der Waals surface area contributed by atoms with E-state index in [-0.39, 0.29) is 17.1 Å². The van der Waals surface area contributed by atoms with Gasteiger partial charge in [-0.1, -0.05) is 0 Å². The first-order chi connectivity index (χ1) is 10.0. The topological polar surface area (TPSA) is 43.4 Å². The summed E-state index contributed by atoms with van der Waals surface area (Å²) < 4.78 is 43.1. The molecule has 6 heteroatoms. The number of Topliss-reactive ketones (excluding diaryl/α,β-unsaturated/α-hetero) is 1. The highest BCUT2D eigenvalue weighted by Crippen LogP contribution is 2.18.